The number of aromatic nitrogens is 1. The van der Waals surface area contributed by atoms with Crippen LogP contribution in [0.1, 0.15) is 35.2 Å². The van der Waals surface area contributed by atoms with E-state index in [9.17, 15) is 4.39 Å². The first kappa shape index (κ1) is 13.7. The molecule has 1 aromatic carbocycles. The third kappa shape index (κ3) is 2.99. The van der Waals surface area contributed by atoms with E-state index >= 15 is 0 Å². The first-order valence-electron chi connectivity index (χ1n) is 6.53. The fourth-order valence-corrected chi connectivity index (χ4v) is 2.27. The van der Waals surface area contributed by atoms with Gasteiger partial charge in [-0.25, -0.2) is 4.39 Å². The molecule has 2 aromatic rings. The van der Waals surface area contributed by atoms with Gasteiger partial charge in [-0.05, 0) is 54.8 Å². The first-order chi connectivity index (χ1) is 9.13. The van der Waals surface area contributed by atoms with Crippen LogP contribution in [-0.4, -0.2) is 11.5 Å². The monoisotopic (exact) mass is 258 g/mol. The number of hydrogen-bond donors (Lipinski definition) is 1. The third-order valence-corrected chi connectivity index (χ3v) is 3.30. The van der Waals surface area contributed by atoms with Crippen molar-refractivity contribution in [3.05, 3.63) is 64.7 Å². The Morgan fingerprint density at radius 2 is 2.00 bits per heavy atom. The highest BCUT2D eigenvalue weighted by Crippen LogP contribution is 2.25. The summed E-state index contributed by atoms with van der Waals surface area (Å²) in [4.78, 5) is 4.13. The highest BCUT2D eigenvalue weighted by atomic mass is 19.1. The van der Waals surface area contributed by atoms with Gasteiger partial charge in [-0.15, -0.1) is 0 Å². The molecule has 19 heavy (non-hydrogen) atoms. The van der Waals surface area contributed by atoms with Gasteiger partial charge in [0, 0.05) is 12.4 Å². The van der Waals surface area contributed by atoms with E-state index in [1.807, 2.05) is 31.3 Å². The second-order valence-corrected chi connectivity index (χ2v) is 4.73. The number of rotatable bonds is 4. The zero-order valence-electron chi connectivity index (χ0n) is 11.6. The van der Waals surface area contributed by atoms with Crippen LogP contribution in [-0.2, 0) is 0 Å². The second-order valence-electron chi connectivity index (χ2n) is 4.73. The van der Waals surface area contributed by atoms with E-state index in [1.165, 1.54) is 11.6 Å². The van der Waals surface area contributed by atoms with Crippen LogP contribution in [0.5, 0.6) is 0 Å². The maximum absolute atomic E-state index is 13.4. The Morgan fingerprint density at radius 1 is 1.21 bits per heavy atom. The topological polar surface area (TPSA) is 24.9 Å². The van der Waals surface area contributed by atoms with Gasteiger partial charge < -0.3 is 5.32 Å². The van der Waals surface area contributed by atoms with E-state index in [-0.39, 0.29) is 11.9 Å². The molecular formula is C16H19FN2. The van der Waals surface area contributed by atoms with E-state index in [4.69, 9.17) is 0 Å². The Balaban J connectivity index is 2.45. The van der Waals surface area contributed by atoms with E-state index in [2.05, 4.69) is 17.2 Å². The normalized spacial score (nSPS) is 12.4. The number of benzene rings is 1. The smallest absolute Gasteiger partial charge is 0.126 e. The van der Waals surface area contributed by atoms with Gasteiger partial charge in [-0.2, -0.15) is 0 Å². The third-order valence-electron chi connectivity index (χ3n) is 3.30. The van der Waals surface area contributed by atoms with Gasteiger partial charge >= 0.3 is 0 Å². The molecule has 0 spiro atoms. The van der Waals surface area contributed by atoms with Gasteiger partial charge in [0.2, 0.25) is 0 Å². The van der Waals surface area contributed by atoms with Gasteiger partial charge in [0.15, 0.2) is 0 Å². The molecule has 0 aliphatic rings. The molecule has 1 heterocycles. The van der Waals surface area contributed by atoms with Crippen molar-refractivity contribution in [2.75, 3.05) is 6.54 Å². The lowest BCUT2D eigenvalue weighted by atomic mass is 9.95. The summed E-state index contributed by atoms with van der Waals surface area (Å²) in [7, 11) is 0. The van der Waals surface area contributed by atoms with E-state index < -0.39 is 0 Å². The molecule has 2 nitrogen and oxygen atoms in total. The summed E-state index contributed by atoms with van der Waals surface area (Å²) >= 11 is 0. The second kappa shape index (κ2) is 5.93. The minimum Gasteiger partial charge on any atom is -0.307 e. The van der Waals surface area contributed by atoms with Crippen LogP contribution >= 0.6 is 0 Å². The number of pyridine rings is 1. The Labute approximate surface area is 113 Å². The Hall–Kier alpha value is -1.74. The number of halogens is 1. The van der Waals surface area contributed by atoms with Crippen molar-refractivity contribution in [1.29, 1.82) is 0 Å². The Kier molecular flexibility index (Phi) is 4.27. The molecule has 1 aromatic heterocycles. The summed E-state index contributed by atoms with van der Waals surface area (Å²) in [6.07, 6.45) is 3.65. The molecule has 3 heteroatoms. The van der Waals surface area contributed by atoms with Crippen LogP contribution in [0.3, 0.4) is 0 Å². The van der Waals surface area contributed by atoms with Crippen molar-refractivity contribution in [2.24, 2.45) is 0 Å². The van der Waals surface area contributed by atoms with E-state index in [0.29, 0.717) is 5.56 Å². The molecule has 0 saturated heterocycles. The number of nitrogens with one attached hydrogen (secondary N) is 1. The van der Waals surface area contributed by atoms with Gasteiger partial charge in [0.25, 0.3) is 0 Å². The quantitative estimate of drug-likeness (QED) is 0.907. The minimum absolute atomic E-state index is 0.0762. The summed E-state index contributed by atoms with van der Waals surface area (Å²) in [6, 6.07) is 7.37. The molecule has 0 saturated carbocycles. The fourth-order valence-electron chi connectivity index (χ4n) is 2.27. The maximum atomic E-state index is 13.4. The number of hydrogen-bond acceptors (Lipinski definition) is 2. The highest BCUT2D eigenvalue weighted by molar-refractivity contribution is 5.37. The van der Waals surface area contributed by atoms with Crippen LogP contribution in [0.2, 0.25) is 0 Å². The van der Waals surface area contributed by atoms with Crippen molar-refractivity contribution in [3.8, 4) is 0 Å². The van der Waals surface area contributed by atoms with E-state index in [1.54, 1.807) is 13.1 Å². The average molecular weight is 258 g/mol. The SMILES string of the molecule is CCNC(c1ccc(F)c(C)c1)c1ccncc1C. The summed E-state index contributed by atoms with van der Waals surface area (Å²) in [5, 5.41) is 3.45. The predicted molar refractivity (Wildman–Crippen MR) is 75.6 cm³/mol. The molecular weight excluding hydrogens is 239 g/mol. The molecule has 2 rings (SSSR count). The summed E-state index contributed by atoms with van der Waals surface area (Å²) in [5.74, 6) is -0.162. The molecule has 1 atom stereocenters. The Bertz CT molecular complexity index is 566. The molecule has 0 fully saturated rings. The van der Waals surface area contributed by atoms with Gasteiger partial charge in [0.05, 0.1) is 6.04 Å². The first-order valence-corrected chi connectivity index (χ1v) is 6.53. The average Bonchev–Trinajstić information content (AvgIpc) is 2.40. The van der Waals surface area contributed by atoms with Crippen LogP contribution in [0.25, 0.3) is 0 Å². The minimum atomic E-state index is -0.162. The molecule has 100 valence electrons. The highest BCUT2D eigenvalue weighted by Gasteiger charge is 2.15. The lowest BCUT2D eigenvalue weighted by Gasteiger charge is -2.21. The molecule has 0 radical (unpaired) electrons. The maximum Gasteiger partial charge on any atom is 0.126 e. The molecule has 0 aliphatic heterocycles. The summed E-state index contributed by atoms with van der Waals surface area (Å²) < 4.78 is 13.4. The molecule has 0 bridgehead atoms. The van der Waals surface area contributed by atoms with Crippen LogP contribution in [0, 0.1) is 19.7 Å². The van der Waals surface area contributed by atoms with Gasteiger partial charge in [0.1, 0.15) is 5.82 Å². The fraction of sp³-hybridized carbons (Fsp3) is 0.312. The zero-order valence-corrected chi connectivity index (χ0v) is 11.6. The van der Waals surface area contributed by atoms with Crippen LogP contribution < -0.4 is 5.32 Å². The summed E-state index contributed by atoms with van der Waals surface area (Å²) in [6.45, 7) is 6.76. The predicted octanol–water partition coefficient (Wildman–Crippen LogP) is 3.54. The van der Waals surface area contributed by atoms with E-state index in [0.717, 1.165) is 17.7 Å². The standard InChI is InChI=1S/C16H19FN2/c1-4-19-16(14-7-8-18-10-12(14)3)13-5-6-15(17)11(2)9-13/h5-10,16,19H,4H2,1-3H3. The number of aryl methyl sites for hydroxylation is 2. The lowest BCUT2D eigenvalue weighted by molar-refractivity contribution is 0.605. The van der Waals surface area contributed by atoms with Crippen molar-refractivity contribution in [2.45, 2.75) is 26.8 Å². The molecule has 1 N–H and O–H groups in total. The van der Waals surface area contributed by atoms with Crippen LogP contribution in [0.4, 0.5) is 4.39 Å². The number of nitrogens with zero attached hydrogens (tertiary/aromatic N) is 1. The molecule has 0 amide bonds. The Morgan fingerprint density at radius 3 is 2.63 bits per heavy atom. The zero-order chi connectivity index (χ0) is 13.8. The summed E-state index contributed by atoms with van der Waals surface area (Å²) in [5.41, 5.74) is 4.07. The molecule has 1 unspecified atom stereocenters. The molecule has 0 aliphatic carbocycles. The largest absolute Gasteiger partial charge is 0.307 e. The van der Waals surface area contributed by atoms with Crippen molar-refractivity contribution in [3.63, 3.8) is 0 Å². The van der Waals surface area contributed by atoms with Crippen molar-refractivity contribution < 1.29 is 4.39 Å². The van der Waals surface area contributed by atoms with Gasteiger partial charge in [-0.1, -0.05) is 19.1 Å². The lowest BCUT2D eigenvalue weighted by Crippen LogP contribution is -2.23. The van der Waals surface area contributed by atoms with Crippen molar-refractivity contribution in [1.82, 2.24) is 10.3 Å². The van der Waals surface area contributed by atoms with Gasteiger partial charge in [-0.3, -0.25) is 4.98 Å². The van der Waals surface area contributed by atoms with Crippen LogP contribution in [0.15, 0.2) is 36.7 Å². The van der Waals surface area contributed by atoms with Crippen molar-refractivity contribution >= 4 is 0 Å².